The molecule has 0 aromatic heterocycles. The van der Waals surface area contributed by atoms with Crippen LogP contribution in [0, 0.1) is 0 Å². The zero-order valence-electron chi connectivity index (χ0n) is 9.58. The van der Waals surface area contributed by atoms with Gasteiger partial charge in [0.2, 0.25) is 0 Å². The molecule has 1 heterocycles. The molecule has 1 N–H and O–H groups in total. The Labute approximate surface area is 87.2 Å². The summed E-state index contributed by atoms with van der Waals surface area (Å²) in [5.74, 6) is 0. The predicted molar refractivity (Wildman–Crippen MR) is 57.5 cm³/mol. The molecule has 0 aliphatic carbocycles. The fraction of sp³-hybridized carbons (Fsp3) is 1.00. The fourth-order valence-electron chi connectivity index (χ4n) is 2.02. The van der Waals surface area contributed by atoms with E-state index in [1.807, 2.05) is 0 Å². The summed E-state index contributed by atoms with van der Waals surface area (Å²) in [6.07, 6.45) is 3.86. The summed E-state index contributed by atoms with van der Waals surface area (Å²) in [5.41, 5.74) is 0. The van der Waals surface area contributed by atoms with Crippen LogP contribution in [0.25, 0.3) is 0 Å². The summed E-state index contributed by atoms with van der Waals surface area (Å²) < 4.78 is 10.7. The van der Waals surface area contributed by atoms with Gasteiger partial charge in [0.15, 0.2) is 0 Å². The molecule has 1 rings (SSSR count). The van der Waals surface area contributed by atoms with Crippen molar-refractivity contribution in [2.45, 2.75) is 51.3 Å². The van der Waals surface area contributed by atoms with Gasteiger partial charge in [0.1, 0.15) is 0 Å². The molecule has 3 atom stereocenters. The highest BCUT2D eigenvalue weighted by atomic mass is 16.5. The molecule has 0 spiro atoms. The van der Waals surface area contributed by atoms with E-state index in [9.17, 15) is 0 Å². The van der Waals surface area contributed by atoms with E-state index >= 15 is 0 Å². The molecule has 0 saturated carbocycles. The number of nitrogens with one attached hydrogen (secondary N) is 1. The van der Waals surface area contributed by atoms with Gasteiger partial charge in [-0.25, -0.2) is 0 Å². The van der Waals surface area contributed by atoms with Gasteiger partial charge in [-0.1, -0.05) is 13.3 Å². The minimum Gasteiger partial charge on any atom is -0.383 e. The normalized spacial score (nSPS) is 29.4. The van der Waals surface area contributed by atoms with Crippen LogP contribution in [0.5, 0.6) is 0 Å². The van der Waals surface area contributed by atoms with Crippen LogP contribution in [0.3, 0.4) is 0 Å². The quantitative estimate of drug-likeness (QED) is 0.707. The number of hydrogen-bond donors (Lipinski definition) is 1. The maximum absolute atomic E-state index is 5.52. The highest BCUT2D eigenvalue weighted by molar-refractivity contribution is 4.82. The molecule has 1 saturated heterocycles. The van der Waals surface area contributed by atoms with E-state index in [1.54, 1.807) is 7.11 Å². The molecule has 3 nitrogen and oxygen atoms in total. The van der Waals surface area contributed by atoms with Gasteiger partial charge in [-0.05, 0) is 19.8 Å². The maximum Gasteiger partial charge on any atom is 0.0700 e. The number of hydrogen-bond acceptors (Lipinski definition) is 3. The standard InChI is InChI=1S/C11H23NO2/c1-4-5-10(8-13-3)12-11-6-7-14-9(11)2/h9-12H,4-8H2,1-3H3. The van der Waals surface area contributed by atoms with Crippen LogP contribution in [-0.4, -0.2) is 38.5 Å². The Morgan fingerprint density at radius 2 is 2.36 bits per heavy atom. The van der Waals surface area contributed by atoms with Gasteiger partial charge in [-0.15, -0.1) is 0 Å². The summed E-state index contributed by atoms with van der Waals surface area (Å²) in [7, 11) is 1.76. The molecule has 3 unspecified atom stereocenters. The number of methoxy groups -OCH3 is 1. The third-order valence-corrected chi connectivity index (χ3v) is 2.83. The molecular formula is C11H23NO2. The van der Waals surface area contributed by atoms with Crippen LogP contribution >= 0.6 is 0 Å². The van der Waals surface area contributed by atoms with Crippen molar-refractivity contribution in [3.05, 3.63) is 0 Å². The third kappa shape index (κ3) is 3.56. The smallest absolute Gasteiger partial charge is 0.0700 e. The van der Waals surface area contributed by atoms with Crippen LogP contribution < -0.4 is 5.32 Å². The Bertz CT molecular complexity index is 146. The number of rotatable bonds is 6. The van der Waals surface area contributed by atoms with Crippen molar-refractivity contribution in [1.29, 1.82) is 0 Å². The van der Waals surface area contributed by atoms with Crippen molar-refractivity contribution in [2.75, 3.05) is 20.3 Å². The van der Waals surface area contributed by atoms with Crippen LogP contribution in [0.2, 0.25) is 0 Å². The average Bonchev–Trinajstić information content (AvgIpc) is 2.53. The lowest BCUT2D eigenvalue weighted by molar-refractivity contribution is 0.102. The highest BCUT2D eigenvalue weighted by Gasteiger charge is 2.25. The summed E-state index contributed by atoms with van der Waals surface area (Å²) in [4.78, 5) is 0. The lowest BCUT2D eigenvalue weighted by Crippen LogP contribution is -2.44. The molecule has 1 aliphatic rings. The van der Waals surface area contributed by atoms with E-state index in [4.69, 9.17) is 9.47 Å². The van der Waals surface area contributed by atoms with E-state index in [-0.39, 0.29) is 0 Å². The molecule has 0 amide bonds. The molecule has 0 aromatic rings. The van der Waals surface area contributed by atoms with Crippen LogP contribution in [0.1, 0.15) is 33.1 Å². The van der Waals surface area contributed by atoms with E-state index < -0.39 is 0 Å². The molecule has 0 radical (unpaired) electrons. The molecule has 0 aromatic carbocycles. The Balaban J connectivity index is 2.29. The van der Waals surface area contributed by atoms with Crippen molar-refractivity contribution in [2.24, 2.45) is 0 Å². The molecule has 14 heavy (non-hydrogen) atoms. The van der Waals surface area contributed by atoms with E-state index in [0.29, 0.717) is 18.2 Å². The second-order valence-corrected chi connectivity index (χ2v) is 4.08. The Kier molecular flexibility index (Phi) is 5.45. The van der Waals surface area contributed by atoms with Gasteiger partial charge in [0.25, 0.3) is 0 Å². The highest BCUT2D eigenvalue weighted by Crippen LogP contribution is 2.14. The van der Waals surface area contributed by atoms with Crippen molar-refractivity contribution in [1.82, 2.24) is 5.32 Å². The molecule has 1 aliphatic heterocycles. The zero-order valence-corrected chi connectivity index (χ0v) is 9.58. The molecule has 0 bridgehead atoms. The zero-order chi connectivity index (χ0) is 10.4. The Hall–Kier alpha value is -0.120. The number of ether oxygens (including phenoxy) is 2. The van der Waals surface area contributed by atoms with Gasteiger partial charge in [0, 0.05) is 25.8 Å². The van der Waals surface area contributed by atoms with Crippen molar-refractivity contribution in [3.8, 4) is 0 Å². The minimum absolute atomic E-state index is 0.353. The summed E-state index contributed by atoms with van der Waals surface area (Å²) in [5, 5.41) is 3.62. The SMILES string of the molecule is CCCC(COC)NC1CCOC1C. The maximum atomic E-state index is 5.52. The summed E-state index contributed by atoms with van der Waals surface area (Å²) >= 11 is 0. The molecule has 3 heteroatoms. The Morgan fingerprint density at radius 3 is 2.86 bits per heavy atom. The van der Waals surface area contributed by atoms with Crippen LogP contribution in [0.15, 0.2) is 0 Å². The largest absolute Gasteiger partial charge is 0.383 e. The van der Waals surface area contributed by atoms with Crippen molar-refractivity contribution >= 4 is 0 Å². The van der Waals surface area contributed by atoms with E-state index in [1.165, 1.54) is 12.8 Å². The second kappa shape index (κ2) is 6.38. The molecule has 84 valence electrons. The van der Waals surface area contributed by atoms with E-state index in [0.717, 1.165) is 19.6 Å². The average molecular weight is 201 g/mol. The van der Waals surface area contributed by atoms with E-state index in [2.05, 4.69) is 19.2 Å². The van der Waals surface area contributed by atoms with Crippen LogP contribution in [0.4, 0.5) is 0 Å². The van der Waals surface area contributed by atoms with Gasteiger partial charge in [-0.2, -0.15) is 0 Å². The molecular weight excluding hydrogens is 178 g/mol. The first-order valence-electron chi connectivity index (χ1n) is 5.64. The van der Waals surface area contributed by atoms with Gasteiger partial charge >= 0.3 is 0 Å². The minimum atomic E-state index is 0.353. The third-order valence-electron chi connectivity index (χ3n) is 2.83. The monoisotopic (exact) mass is 201 g/mol. The van der Waals surface area contributed by atoms with Gasteiger partial charge in [0.05, 0.1) is 12.7 Å². The first-order valence-corrected chi connectivity index (χ1v) is 5.64. The first kappa shape index (κ1) is 12.0. The lowest BCUT2D eigenvalue weighted by atomic mass is 10.1. The summed E-state index contributed by atoms with van der Waals surface area (Å²) in [6.45, 7) is 6.04. The fourth-order valence-corrected chi connectivity index (χ4v) is 2.02. The van der Waals surface area contributed by atoms with Gasteiger partial charge < -0.3 is 14.8 Å². The topological polar surface area (TPSA) is 30.5 Å². The Morgan fingerprint density at radius 1 is 1.57 bits per heavy atom. The lowest BCUT2D eigenvalue weighted by Gasteiger charge is -2.23. The van der Waals surface area contributed by atoms with Gasteiger partial charge in [-0.3, -0.25) is 0 Å². The second-order valence-electron chi connectivity index (χ2n) is 4.08. The predicted octanol–water partition coefficient (Wildman–Crippen LogP) is 1.57. The molecule has 1 fully saturated rings. The van der Waals surface area contributed by atoms with Crippen molar-refractivity contribution < 1.29 is 9.47 Å². The van der Waals surface area contributed by atoms with Crippen LogP contribution in [-0.2, 0) is 9.47 Å². The van der Waals surface area contributed by atoms with Crippen molar-refractivity contribution in [3.63, 3.8) is 0 Å². The summed E-state index contributed by atoms with van der Waals surface area (Å²) in [6, 6.07) is 1.00. The first-order chi connectivity index (χ1) is 6.77.